The largest absolute Gasteiger partial charge is 0.378 e. The van der Waals surface area contributed by atoms with Crippen LogP contribution in [0.15, 0.2) is 36.0 Å². The highest BCUT2D eigenvalue weighted by molar-refractivity contribution is 5.97. The van der Waals surface area contributed by atoms with Gasteiger partial charge in [0.15, 0.2) is 0 Å². The number of benzene rings is 1. The third-order valence-electron chi connectivity index (χ3n) is 3.65. The number of nitrogens with one attached hydrogen (secondary N) is 2. The van der Waals surface area contributed by atoms with Gasteiger partial charge in [0.1, 0.15) is 11.6 Å². The van der Waals surface area contributed by atoms with Gasteiger partial charge < -0.3 is 20.3 Å². The van der Waals surface area contributed by atoms with Crippen LogP contribution in [-0.4, -0.2) is 39.3 Å². The van der Waals surface area contributed by atoms with E-state index < -0.39 is 0 Å². The lowest BCUT2D eigenvalue weighted by Crippen LogP contribution is -2.32. The molecule has 1 heterocycles. The molecule has 0 saturated carbocycles. The summed E-state index contributed by atoms with van der Waals surface area (Å²) in [4.78, 5) is 14.0. The van der Waals surface area contributed by atoms with E-state index in [9.17, 15) is 4.79 Å². The minimum Gasteiger partial charge on any atom is -0.378 e. The van der Waals surface area contributed by atoms with Crippen molar-refractivity contribution in [2.45, 2.75) is 18.9 Å². The van der Waals surface area contributed by atoms with E-state index in [1.165, 1.54) is 6.20 Å². The maximum Gasteiger partial charge on any atom is 0.263 e. The van der Waals surface area contributed by atoms with Gasteiger partial charge in [-0.3, -0.25) is 4.79 Å². The van der Waals surface area contributed by atoms with Gasteiger partial charge >= 0.3 is 0 Å². The molecule has 2 rings (SSSR count). The van der Waals surface area contributed by atoms with Crippen LogP contribution in [0.5, 0.6) is 0 Å². The lowest BCUT2D eigenvalue weighted by molar-refractivity contribution is -0.117. The Balaban J connectivity index is 1.89. The van der Waals surface area contributed by atoms with E-state index in [2.05, 4.69) is 10.6 Å². The van der Waals surface area contributed by atoms with Crippen LogP contribution in [-0.2, 0) is 9.53 Å². The van der Waals surface area contributed by atoms with Crippen molar-refractivity contribution in [2.24, 2.45) is 0 Å². The molecule has 6 heteroatoms. The molecule has 1 aromatic rings. The van der Waals surface area contributed by atoms with Crippen molar-refractivity contribution in [3.05, 3.63) is 36.0 Å². The van der Waals surface area contributed by atoms with Gasteiger partial charge in [0.05, 0.1) is 6.10 Å². The zero-order chi connectivity index (χ0) is 16.7. The molecule has 1 atom stereocenters. The molecule has 122 valence electrons. The van der Waals surface area contributed by atoms with Crippen LogP contribution in [0.4, 0.5) is 11.4 Å². The van der Waals surface area contributed by atoms with Crippen molar-refractivity contribution in [2.75, 3.05) is 37.5 Å². The molecule has 0 radical (unpaired) electrons. The number of anilines is 2. The van der Waals surface area contributed by atoms with Crippen LogP contribution >= 0.6 is 0 Å². The molecular formula is C17H22N4O2. The number of ether oxygens (including phenoxy) is 1. The maximum absolute atomic E-state index is 12.0. The minimum atomic E-state index is -0.389. The van der Waals surface area contributed by atoms with E-state index in [0.29, 0.717) is 6.54 Å². The van der Waals surface area contributed by atoms with Crippen molar-refractivity contribution < 1.29 is 9.53 Å². The monoisotopic (exact) mass is 314 g/mol. The van der Waals surface area contributed by atoms with Crippen LogP contribution in [0.2, 0.25) is 0 Å². The Bertz CT molecular complexity index is 596. The highest BCUT2D eigenvalue weighted by Gasteiger charge is 2.17. The molecule has 1 fully saturated rings. The van der Waals surface area contributed by atoms with Gasteiger partial charge in [-0.1, -0.05) is 0 Å². The molecular weight excluding hydrogens is 292 g/mol. The molecule has 2 N–H and O–H groups in total. The highest BCUT2D eigenvalue weighted by Crippen LogP contribution is 2.16. The molecule has 1 saturated heterocycles. The summed E-state index contributed by atoms with van der Waals surface area (Å²) in [5.74, 6) is -0.389. The van der Waals surface area contributed by atoms with Gasteiger partial charge in [-0.05, 0) is 37.1 Å². The average Bonchev–Trinajstić information content (AvgIpc) is 3.07. The van der Waals surface area contributed by atoms with Gasteiger partial charge in [-0.25, -0.2) is 0 Å². The Morgan fingerprint density at radius 1 is 1.43 bits per heavy atom. The van der Waals surface area contributed by atoms with Gasteiger partial charge in [0, 0.05) is 44.8 Å². The van der Waals surface area contributed by atoms with E-state index in [1.807, 2.05) is 49.3 Å². The van der Waals surface area contributed by atoms with Crippen LogP contribution in [0, 0.1) is 11.3 Å². The molecule has 0 aliphatic carbocycles. The quantitative estimate of drug-likeness (QED) is 0.619. The molecule has 1 amide bonds. The Morgan fingerprint density at radius 2 is 2.17 bits per heavy atom. The topological polar surface area (TPSA) is 77.4 Å². The molecule has 1 aliphatic rings. The van der Waals surface area contributed by atoms with E-state index in [4.69, 9.17) is 10.00 Å². The summed E-state index contributed by atoms with van der Waals surface area (Å²) in [6.07, 6.45) is 3.45. The van der Waals surface area contributed by atoms with Crippen molar-refractivity contribution in [3.63, 3.8) is 0 Å². The second kappa shape index (κ2) is 8.20. The van der Waals surface area contributed by atoms with E-state index in [-0.39, 0.29) is 17.6 Å². The number of amides is 1. The molecule has 6 nitrogen and oxygen atoms in total. The fourth-order valence-corrected chi connectivity index (χ4v) is 2.27. The number of carbonyl (C=O) groups excluding carboxylic acids is 1. The first-order chi connectivity index (χ1) is 11.1. The summed E-state index contributed by atoms with van der Waals surface area (Å²) >= 11 is 0. The predicted octanol–water partition coefficient (Wildman–Crippen LogP) is 1.87. The van der Waals surface area contributed by atoms with Gasteiger partial charge in [-0.15, -0.1) is 0 Å². The highest BCUT2D eigenvalue weighted by atomic mass is 16.5. The standard InChI is InChI=1S/C17H22N4O2/c1-21(2)15-7-5-14(6-8-15)19-11-13(10-18)17(22)20-12-16-4-3-9-23-16/h5-8,11,16,19H,3-4,9,12H2,1-2H3,(H,20,22)/b13-11-. The zero-order valence-electron chi connectivity index (χ0n) is 13.5. The van der Waals surface area contributed by atoms with Crippen molar-refractivity contribution in [1.82, 2.24) is 5.32 Å². The summed E-state index contributed by atoms with van der Waals surface area (Å²) in [7, 11) is 3.93. The van der Waals surface area contributed by atoms with Crippen molar-refractivity contribution in [3.8, 4) is 6.07 Å². The lowest BCUT2D eigenvalue weighted by atomic mass is 10.2. The number of hydrogen-bond acceptors (Lipinski definition) is 5. The molecule has 1 aromatic carbocycles. The van der Waals surface area contributed by atoms with Gasteiger partial charge in [-0.2, -0.15) is 5.26 Å². The van der Waals surface area contributed by atoms with E-state index >= 15 is 0 Å². The second-order valence-corrected chi connectivity index (χ2v) is 5.60. The first-order valence-corrected chi connectivity index (χ1v) is 7.64. The molecule has 0 aromatic heterocycles. The van der Waals surface area contributed by atoms with Crippen LogP contribution in [0.1, 0.15) is 12.8 Å². The van der Waals surface area contributed by atoms with Crippen molar-refractivity contribution >= 4 is 17.3 Å². The first kappa shape index (κ1) is 16.8. The SMILES string of the molecule is CN(C)c1ccc(N/C=C(/C#N)C(=O)NCC2CCCO2)cc1. The molecule has 0 bridgehead atoms. The zero-order valence-corrected chi connectivity index (χ0v) is 13.5. The fourth-order valence-electron chi connectivity index (χ4n) is 2.27. The summed E-state index contributed by atoms with van der Waals surface area (Å²) in [5.41, 5.74) is 1.93. The van der Waals surface area contributed by atoms with Crippen molar-refractivity contribution in [1.29, 1.82) is 5.26 Å². The van der Waals surface area contributed by atoms with Crippen LogP contribution < -0.4 is 15.5 Å². The van der Waals surface area contributed by atoms with E-state index in [1.54, 1.807) is 0 Å². The Kier molecular flexibility index (Phi) is 6.01. The molecule has 0 spiro atoms. The number of rotatable bonds is 6. The number of nitrogens with zero attached hydrogens (tertiary/aromatic N) is 2. The summed E-state index contributed by atoms with van der Waals surface area (Å²) in [6.45, 7) is 1.18. The number of carbonyl (C=O) groups is 1. The molecule has 23 heavy (non-hydrogen) atoms. The summed E-state index contributed by atoms with van der Waals surface area (Å²) < 4.78 is 5.44. The Labute approximate surface area is 136 Å². The van der Waals surface area contributed by atoms with Gasteiger partial charge in [0.25, 0.3) is 5.91 Å². The van der Waals surface area contributed by atoms with Crippen LogP contribution in [0.25, 0.3) is 0 Å². The average molecular weight is 314 g/mol. The number of nitriles is 1. The summed E-state index contributed by atoms with van der Waals surface area (Å²) in [6, 6.07) is 9.62. The normalized spacial score (nSPS) is 17.4. The summed E-state index contributed by atoms with van der Waals surface area (Å²) in [5, 5.41) is 14.8. The molecule has 1 unspecified atom stereocenters. The third kappa shape index (κ3) is 5.01. The fraction of sp³-hybridized carbons (Fsp3) is 0.412. The van der Waals surface area contributed by atoms with E-state index in [0.717, 1.165) is 30.8 Å². The first-order valence-electron chi connectivity index (χ1n) is 7.64. The second-order valence-electron chi connectivity index (χ2n) is 5.60. The van der Waals surface area contributed by atoms with Gasteiger partial charge in [0.2, 0.25) is 0 Å². The Hall–Kier alpha value is -2.52. The lowest BCUT2D eigenvalue weighted by Gasteiger charge is -2.12. The Morgan fingerprint density at radius 3 is 2.74 bits per heavy atom. The smallest absolute Gasteiger partial charge is 0.263 e. The third-order valence-corrected chi connectivity index (χ3v) is 3.65. The van der Waals surface area contributed by atoms with Crippen LogP contribution in [0.3, 0.4) is 0 Å². The maximum atomic E-state index is 12.0. The predicted molar refractivity (Wildman–Crippen MR) is 90.1 cm³/mol. The minimum absolute atomic E-state index is 0.0414. The molecule has 1 aliphatic heterocycles. The number of hydrogen-bond donors (Lipinski definition) is 2.